The molecule has 9 rings (SSSR count). The lowest BCUT2D eigenvalue weighted by atomic mass is 9.99. The third-order valence-electron chi connectivity index (χ3n) is 8.47. The molecule has 4 nitrogen and oxygen atoms in total. The van der Waals surface area contributed by atoms with Crippen molar-refractivity contribution in [3.05, 3.63) is 126 Å². The van der Waals surface area contributed by atoms with E-state index in [-0.39, 0.29) is 0 Å². The van der Waals surface area contributed by atoms with Crippen LogP contribution in [-0.4, -0.2) is 4.57 Å². The normalized spacial score (nSPS) is 11.7. The molecule has 0 fully saturated rings. The second kappa shape index (κ2) is 8.81. The Morgan fingerprint density at radius 2 is 1.37 bits per heavy atom. The van der Waals surface area contributed by atoms with E-state index in [1.54, 1.807) is 11.3 Å². The number of nitrogens with zero attached hydrogens (tertiary/aromatic N) is 3. The van der Waals surface area contributed by atoms with Gasteiger partial charge >= 0.3 is 0 Å². The van der Waals surface area contributed by atoms with Crippen molar-refractivity contribution in [2.24, 2.45) is 0 Å². The van der Waals surface area contributed by atoms with Crippen molar-refractivity contribution in [1.29, 1.82) is 10.5 Å². The molecule has 5 heteroatoms. The van der Waals surface area contributed by atoms with Gasteiger partial charge in [0.05, 0.1) is 38.6 Å². The van der Waals surface area contributed by atoms with Crippen LogP contribution in [0.5, 0.6) is 0 Å². The zero-order valence-corrected chi connectivity index (χ0v) is 23.4. The van der Waals surface area contributed by atoms with Gasteiger partial charge in [-0.25, -0.2) is 0 Å². The van der Waals surface area contributed by atoms with Crippen LogP contribution in [0.1, 0.15) is 11.1 Å². The van der Waals surface area contributed by atoms with E-state index in [0.29, 0.717) is 11.1 Å². The molecular formula is C38H19N3OS. The van der Waals surface area contributed by atoms with Gasteiger partial charge in [-0.3, -0.25) is 0 Å². The van der Waals surface area contributed by atoms with Crippen LogP contribution in [-0.2, 0) is 0 Å². The number of fused-ring (bicyclic) bond motifs is 10. The number of aromatic nitrogens is 1. The average molecular weight is 566 g/mol. The van der Waals surface area contributed by atoms with Crippen molar-refractivity contribution in [2.45, 2.75) is 0 Å². The quantitative estimate of drug-likeness (QED) is 0.209. The number of rotatable bonds is 2. The average Bonchev–Trinajstić information content (AvgIpc) is 3.73. The standard InChI is InChI=1S/C38H19N3OS/c39-20-22-12-15-32(29(18-22)23-13-17-35-30(19-23)25-7-2-4-11-34(25)42-35)41-31-10-3-1-8-28(31)36-33(41)16-14-27-26-9-5-6-24(21-40)37(26)43-38(27)36/h1-19H. The fraction of sp³-hybridized carbons (Fsp3) is 0. The first-order chi connectivity index (χ1) is 21.2. The molecule has 0 saturated carbocycles. The van der Waals surface area contributed by atoms with Gasteiger partial charge in [-0.1, -0.05) is 60.7 Å². The molecule has 3 aromatic heterocycles. The molecule has 9 aromatic rings. The highest BCUT2D eigenvalue weighted by Crippen LogP contribution is 2.45. The van der Waals surface area contributed by atoms with Gasteiger partial charge < -0.3 is 8.98 Å². The first-order valence-electron chi connectivity index (χ1n) is 14.0. The minimum absolute atomic E-state index is 0.604. The van der Waals surface area contributed by atoms with Crippen molar-refractivity contribution in [1.82, 2.24) is 4.57 Å². The maximum atomic E-state index is 9.89. The highest BCUT2D eigenvalue weighted by Gasteiger charge is 2.20. The molecule has 43 heavy (non-hydrogen) atoms. The molecule has 198 valence electrons. The van der Waals surface area contributed by atoms with E-state index in [0.717, 1.165) is 70.6 Å². The minimum atomic E-state index is 0.604. The molecule has 0 aliphatic rings. The van der Waals surface area contributed by atoms with Gasteiger partial charge in [0.1, 0.15) is 17.2 Å². The smallest absolute Gasteiger partial charge is 0.135 e. The van der Waals surface area contributed by atoms with Gasteiger partial charge in [-0.05, 0) is 60.2 Å². The summed E-state index contributed by atoms with van der Waals surface area (Å²) in [5, 5.41) is 26.4. The molecule has 0 N–H and O–H groups in total. The molecule has 0 bridgehead atoms. The zero-order valence-electron chi connectivity index (χ0n) is 22.6. The van der Waals surface area contributed by atoms with Crippen molar-refractivity contribution in [3.8, 4) is 29.0 Å². The van der Waals surface area contributed by atoms with Crippen LogP contribution in [0.25, 0.3) is 80.7 Å². The lowest BCUT2D eigenvalue weighted by molar-refractivity contribution is 0.669. The Kier molecular flexibility index (Phi) is 4.87. The van der Waals surface area contributed by atoms with E-state index in [1.807, 2.05) is 48.5 Å². The van der Waals surface area contributed by atoms with Crippen LogP contribution in [0, 0.1) is 22.7 Å². The fourth-order valence-electron chi connectivity index (χ4n) is 6.58. The van der Waals surface area contributed by atoms with Crippen molar-refractivity contribution >= 4 is 75.3 Å². The lowest BCUT2D eigenvalue weighted by Crippen LogP contribution is -1.98. The van der Waals surface area contributed by atoms with Crippen LogP contribution in [0.2, 0.25) is 0 Å². The Bertz CT molecular complexity index is 2710. The number of hydrogen-bond donors (Lipinski definition) is 0. The number of benzene rings is 6. The SMILES string of the molecule is N#Cc1ccc(-n2c3ccccc3c3c4sc5c(C#N)cccc5c4ccc32)c(-c2ccc3oc4ccccc4c3c2)c1. The Morgan fingerprint density at radius 1 is 0.581 bits per heavy atom. The third kappa shape index (κ3) is 3.29. The highest BCUT2D eigenvalue weighted by molar-refractivity contribution is 7.27. The second-order valence-corrected chi connectivity index (χ2v) is 11.8. The maximum absolute atomic E-state index is 9.89. The first-order valence-corrected chi connectivity index (χ1v) is 14.8. The molecular weight excluding hydrogens is 547 g/mol. The Hall–Kier alpha value is -5.88. The summed E-state index contributed by atoms with van der Waals surface area (Å²) in [5.74, 6) is 0. The van der Waals surface area contributed by atoms with E-state index >= 15 is 0 Å². The molecule has 6 aromatic carbocycles. The summed E-state index contributed by atoms with van der Waals surface area (Å²) in [6.07, 6.45) is 0. The third-order valence-corrected chi connectivity index (χ3v) is 9.75. The molecule has 0 unspecified atom stereocenters. The topological polar surface area (TPSA) is 65.7 Å². The molecule has 0 radical (unpaired) electrons. The summed E-state index contributed by atoms with van der Waals surface area (Å²) in [4.78, 5) is 0. The van der Waals surface area contributed by atoms with E-state index in [9.17, 15) is 10.5 Å². The van der Waals surface area contributed by atoms with Gasteiger partial charge in [-0.15, -0.1) is 11.3 Å². The van der Waals surface area contributed by atoms with E-state index < -0.39 is 0 Å². The molecule has 0 saturated heterocycles. The van der Waals surface area contributed by atoms with E-state index in [2.05, 4.69) is 83.4 Å². The summed E-state index contributed by atoms with van der Waals surface area (Å²) < 4.78 is 10.6. The largest absolute Gasteiger partial charge is 0.456 e. The van der Waals surface area contributed by atoms with Crippen LogP contribution in [0.15, 0.2) is 120 Å². The zero-order chi connectivity index (χ0) is 28.7. The van der Waals surface area contributed by atoms with Crippen molar-refractivity contribution < 1.29 is 4.42 Å². The molecule has 0 atom stereocenters. The van der Waals surface area contributed by atoms with E-state index in [4.69, 9.17) is 4.42 Å². The monoisotopic (exact) mass is 565 g/mol. The summed E-state index contributed by atoms with van der Waals surface area (Å²) in [6, 6.07) is 43.8. The van der Waals surface area contributed by atoms with E-state index in [1.165, 1.54) is 10.1 Å². The first kappa shape index (κ1) is 23.8. The number of thiophene rings is 1. The summed E-state index contributed by atoms with van der Waals surface area (Å²) in [5.41, 5.74) is 8.15. The fourth-order valence-corrected chi connectivity index (χ4v) is 7.90. The van der Waals surface area contributed by atoms with Crippen LogP contribution >= 0.6 is 11.3 Å². The minimum Gasteiger partial charge on any atom is -0.456 e. The number of para-hydroxylation sites is 2. The lowest BCUT2D eigenvalue weighted by Gasteiger charge is -2.15. The predicted molar refractivity (Wildman–Crippen MR) is 176 cm³/mol. The van der Waals surface area contributed by atoms with Crippen LogP contribution in [0.3, 0.4) is 0 Å². The Labute approximate surface area is 249 Å². The Morgan fingerprint density at radius 3 is 2.26 bits per heavy atom. The van der Waals surface area contributed by atoms with Crippen LogP contribution < -0.4 is 0 Å². The van der Waals surface area contributed by atoms with Gasteiger partial charge in [-0.2, -0.15) is 10.5 Å². The van der Waals surface area contributed by atoms with Gasteiger partial charge in [0.25, 0.3) is 0 Å². The second-order valence-electron chi connectivity index (χ2n) is 10.7. The number of furan rings is 1. The van der Waals surface area contributed by atoms with Crippen LogP contribution in [0.4, 0.5) is 0 Å². The predicted octanol–water partition coefficient (Wildman–Crippen LogP) is 10.5. The van der Waals surface area contributed by atoms with Gasteiger partial charge in [0.15, 0.2) is 0 Å². The summed E-state index contributed by atoms with van der Waals surface area (Å²) >= 11 is 1.69. The molecule has 0 spiro atoms. The van der Waals surface area contributed by atoms with Crippen molar-refractivity contribution in [2.75, 3.05) is 0 Å². The molecule has 0 amide bonds. The molecule has 0 aliphatic heterocycles. The summed E-state index contributed by atoms with van der Waals surface area (Å²) in [7, 11) is 0. The van der Waals surface area contributed by atoms with Gasteiger partial charge in [0, 0.05) is 42.6 Å². The van der Waals surface area contributed by atoms with Gasteiger partial charge in [0.2, 0.25) is 0 Å². The summed E-state index contributed by atoms with van der Waals surface area (Å²) in [6.45, 7) is 0. The molecule has 3 heterocycles. The highest BCUT2D eigenvalue weighted by atomic mass is 32.1. The Balaban J connectivity index is 1.39. The maximum Gasteiger partial charge on any atom is 0.135 e. The molecule has 0 aliphatic carbocycles. The number of hydrogen-bond acceptors (Lipinski definition) is 4. The van der Waals surface area contributed by atoms with Crippen molar-refractivity contribution in [3.63, 3.8) is 0 Å². The number of nitriles is 2.